The van der Waals surface area contributed by atoms with Crippen LogP contribution in [0.15, 0.2) is 0 Å². The molecule has 6 nitrogen and oxygen atoms in total. The first-order valence-corrected chi connectivity index (χ1v) is 11.7. The summed E-state index contributed by atoms with van der Waals surface area (Å²) in [5.74, 6) is 1.09. The smallest absolute Gasteiger partial charge is 0.352 e. The summed E-state index contributed by atoms with van der Waals surface area (Å²) in [4.78, 5) is 12.8. The Balaban J connectivity index is 1.30. The zero-order valence-electron chi connectivity index (χ0n) is 17.7. The Bertz CT molecular complexity index is 602. The highest BCUT2D eigenvalue weighted by Crippen LogP contribution is 2.38. The van der Waals surface area contributed by atoms with Crippen molar-refractivity contribution in [2.45, 2.75) is 94.3 Å². The molecule has 172 valence electrons. The maximum absolute atomic E-state index is 13.0. The molecule has 3 aliphatic heterocycles. The van der Waals surface area contributed by atoms with Crippen molar-refractivity contribution in [3.63, 3.8) is 0 Å². The van der Waals surface area contributed by atoms with Crippen LogP contribution < -0.4 is 26.6 Å². The molecule has 0 aromatic carbocycles. The maximum atomic E-state index is 13.0. The minimum absolute atomic E-state index is 0.105. The molecule has 3 heterocycles. The lowest BCUT2D eigenvalue weighted by Crippen LogP contribution is -2.68. The minimum Gasteiger partial charge on any atom is -0.352 e. The van der Waals surface area contributed by atoms with E-state index in [0.717, 1.165) is 6.54 Å². The number of nitrogens with one attached hydrogen (secondary N) is 5. The molecular weight excluding hydrogens is 395 g/mol. The van der Waals surface area contributed by atoms with Gasteiger partial charge in [-0.1, -0.05) is 6.42 Å². The molecule has 5 N–H and O–H groups in total. The first kappa shape index (κ1) is 22.3. The number of piperidine rings is 2. The molecule has 0 bridgehead atoms. The van der Waals surface area contributed by atoms with Crippen LogP contribution in [0, 0.1) is 11.8 Å². The monoisotopic (exact) mass is 431 g/mol. The van der Waals surface area contributed by atoms with Crippen LogP contribution in [-0.2, 0) is 4.79 Å². The van der Waals surface area contributed by atoms with Crippen LogP contribution in [0.5, 0.6) is 0 Å². The van der Waals surface area contributed by atoms with Crippen molar-refractivity contribution in [3.8, 4) is 0 Å². The molecule has 1 saturated carbocycles. The van der Waals surface area contributed by atoms with E-state index in [1.54, 1.807) is 0 Å². The Hall–Kier alpha value is -0.900. The van der Waals surface area contributed by atoms with Gasteiger partial charge in [-0.05, 0) is 70.4 Å². The second kappa shape index (κ2) is 9.30. The SMILES string of the molecule is CC1NC(C(=O)NC2CCNC(C(F)(F)F)C2)CNC1C1CCCC2NCCCC21. The number of hydrogen-bond acceptors (Lipinski definition) is 5. The van der Waals surface area contributed by atoms with Crippen molar-refractivity contribution in [1.29, 1.82) is 0 Å². The molecule has 30 heavy (non-hydrogen) atoms. The number of piperazine rings is 1. The van der Waals surface area contributed by atoms with Crippen molar-refractivity contribution < 1.29 is 18.0 Å². The Morgan fingerprint density at radius 3 is 2.53 bits per heavy atom. The van der Waals surface area contributed by atoms with Crippen LogP contribution >= 0.6 is 0 Å². The standard InChI is InChI=1S/C21H36F3N5O/c1-12-19(15-4-2-6-16-14(15)5-3-8-25-16)27-11-17(28-12)20(30)29-13-7-9-26-18(10-13)21(22,23)24/h12-19,25-28H,2-11H2,1H3,(H,29,30). The number of halogens is 3. The number of fused-ring (bicyclic) bond motifs is 1. The summed E-state index contributed by atoms with van der Waals surface area (Å²) in [6.07, 6.45) is 2.36. The lowest BCUT2D eigenvalue weighted by atomic mass is 9.67. The third-order valence-corrected chi connectivity index (χ3v) is 7.72. The van der Waals surface area contributed by atoms with Crippen molar-refractivity contribution in [3.05, 3.63) is 0 Å². The van der Waals surface area contributed by atoms with Gasteiger partial charge in [0.1, 0.15) is 6.04 Å². The van der Waals surface area contributed by atoms with Crippen LogP contribution in [0.4, 0.5) is 13.2 Å². The zero-order valence-corrected chi connectivity index (χ0v) is 17.7. The van der Waals surface area contributed by atoms with Gasteiger partial charge in [0, 0.05) is 30.7 Å². The summed E-state index contributed by atoms with van der Waals surface area (Å²) in [6, 6.07) is -1.28. The highest BCUT2D eigenvalue weighted by Gasteiger charge is 2.44. The van der Waals surface area contributed by atoms with Crippen LogP contribution in [0.2, 0.25) is 0 Å². The van der Waals surface area contributed by atoms with E-state index in [1.165, 1.54) is 32.1 Å². The van der Waals surface area contributed by atoms with Gasteiger partial charge in [-0.3, -0.25) is 4.79 Å². The summed E-state index contributed by atoms with van der Waals surface area (Å²) in [5, 5.41) is 16.1. The highest BCUT2D eigenvalue weighted by atomic mass is 19.4. The van der Waals surface area contributed by atoms with Crippen LogP contribution in [-0.4, -0.2) is 68.0 Å². The van der Waals surface area contributed by atoms with E-state index >= 15 is 0 Å². The van der Waals surface area contributed by atoms with Gasteiger partial charge in [0.05, 0.1) is 6.04 Å². The predicted molar refractivity (Wildman–Crippen MR) is 109 cm³/mol. The van der Waals surface area contributed by atoms with Gasteiger partial charge < -0.3 is 26.6 Å². The third-order valence-electron chi connectivity index (χ3n) is 7.72. The lowest BCUT2D eigenvalue weighted by Gasteiger charge is -2.49. The normalized spacial score (nSPS) is 42.9. The Morgan fingerprint density at radius 2 is 1.77 bits per heavy atom. The largest absolute Gasteiger partial charge is 0.403 e. The van der Waals surface area contributed by atoms with Crippen molar-refractivity contribution in [2.75, 3.05) is 19.6 Å². The number of rotatable bonds is 3. The van der Waals surface area contributed by atoms with E-state index in [4.69, 9.17) is 0 Å². The molecule has 3 saturated heterocycles. The highest BCUT2D eigenvalue weighted by molar-refractivity contribution is 5.82. The van der Waals surface area contributed by atoms with Gasteiger partial charge >= 0.3 is 6.18 Å². The molecular formula is C21H36F3N5O. The second-order valence-corrected chi connectivity index (χ2v) is 9.68. The molecule has 8 atom stereocenters. The molecule has 4 rings (SSSR count). The summed E-state index contributed by atoms with van der Waals surface area (Å²) >= 11 is 0. The number of carbonyl (C=O) groups is 1. The summed E-state index contributed by atoms with van der Waals surface area (Å²) in [6.45, 7) is 4.03. The fraction of sp³-hybridized carbons (Fsp3) is 0.952. The fourth-order valence-electron chi connectivity index (χ4n) is 6.24. The fourth-order valence-corrected chi connectivity index (χ4v) is 6.24. The van der Waals surface area contributed by atoms with Gasteiger partial charge in [-0.25, -0.2) is 0 Å². The van der Waals surface area contributed by atoms with Crippen molar-refractivity contribution in [1.82, 2.24) is 26.6 Å². The Kier molecular flexibility index (Phi) is 6.91. The Morgan fingerprint density at radius 1 is 0.967 bits per heavy atom. The molecule has 0 radical (unpaired) electrons. The van der Waals surface area contributed by atoms with E-state index in [2.05, 4.69) is 33.5 Å². The molecule has 1 amide bonds. The van der Waals surface area contributed by atoms with E-state index in [-0.39, 0.29) is 24.9 Å². The second-order valence-electron chi connectivity index (χ2n) is 9.68. The van der Waals surface area contributed by atoms with Crippen LogP contribution in [0.25, 0.3) is 0 Å². The van der Waals surface area contributed by atoms with E-state index < -0.39 is 24.3 Å². The molecule has 4 fully saturated rings. The third kappa shape index (κ3) is 4.95. The van der Waals surface area contributed by atoms with Gasteiger partial charge in [0.25, 0.3) is 0 Å². The quantitative estimate of drug-likeness (QED) is 0.465. The first-order valence-electron chi connectivity index (χ1n) is 11.7. The predicted octanol–water partition coefficient (Wildman–Crippen LogP) is 1.27. The Labute approximate surface area is 176 Å². The molecule has 9 heteroatoms. The van der Waals surface area contributed by atoms with Crippen LogP contribution in [0.1, 0.15) is 51.9 Å². The number of hydrogen-bond donors (Lipinski definition) is 5. The van der Waals surface area contributed by atoms with Crippen molar-refractivity contribution >= 4 is 5.91 Å². The minimum atomic E-state index is -4.28. The molecule has 4 aliphatic rings. The van der Waals surface area contributed by atoms with E-state index in [0.29, 0.717) is 36.9 Å². The first-order chi connectivity index (χ1) is 14.3. The zero-order chi connectivity index (χ0) is 21.3. The van der Waals surface area contributed by atoms with E-state index in [9.17, 15) is 18.0 Å². The summed E-state index contributed by atoms with van der Waals surface area (Å²) in [7, 11) is 0. The molecule has 0 aromatic rings. The molecule has 1 aliphatic carbocycles. The average Bonchev–Trinajstić information content (AvgIpc) is 2.73. The van der Waals surface area contributed by atoms with Gasteiger partial charge in [0.2, 0.25) is 5.91 Å². The van der Waals surface area contributed by atoms with Gasteiger partial charge in [0.15, 0.2) is 0 Å². The van der Waals surface area contributed by atoms with Gasteiger partial charge in [-0.15, -0.1) is 0 Å². The average molecular weight is 432 g/mol. The molecule has 0 aromatic heterocycles. The van der Waals surface area contributed by atoms with E-state index in [1.807, 2.05) is 0 Å². The number of alkyl halides is 3. The van der Waals surface area contributed by atoms with Crippen molar-refractivity contribution in [2.24, 2.45) is 11.8 Å². The van der Waals surface area contributed by atoms with Crippen LogP contribution in [0.3, 0.4) is 0 Å². The molecule has 0 spiro atoms. The number of carbonyl (C=O) groups excluding carboxylic acids is 1. The van der Waals surface area contributed by atoms with Gasteiger partial charge in [-0.2, -0.15) is 13.2 Å². The molecule has 8 unspecified atom stereocenters. The summed E-state index contributed by atoms with van der Waals surface area (Å²) in [5.41, 5.74) is 0. The number of amides is 1. The topological polar surface area (TPSA) is 77.2 Å². The summed E-state index contributed by atoms with van der Waals surface area (Å²) < 4.78 is 39.0. The lowest BCUT2D eigenvalue weighted by molar-refractivity contribution is -0.162. The maximum Gasteiger partial charge on any atom is 0.403 e.